The van der Waals surface area contributed by atoms with Crippen LogP contribution in [0.1, 0.15) is 6.92 Å². The molecular formula is C20H16Cl2N2O2S. The van der Waals surface area contributed by atoms with E-state index in [9.17, 15) is 9.00 Å². The number of hydrogen-bond acceptors (Lipinski definition) is 3. The van der Waals surface area contributed by atoms with Gasteiger partial charge < -0.3 is 5.32 Å². The second-order valence-electron chi connectivity index (χ2n) is 5.84. The van der Waals surface area contributed by atoms with Crippen LogP contribution in [-0.4, -0.2) is 21.4 Å². The number of nitrogens with one attached hydrogen (secondary N) is 1. The van der Waals surface area contributed by atoms with Crippen LogP contribution in [0.3, 0.4) is 0 Å². The number of anilines is 1. The zero-order valence-corrected chi connectivity index (χ0v) is 17.0. The molecule has 2 aromatic carbocycles. The minimum absolute atomic E-state index is 0.221. The molecule has 1 unspecified atom stereocenters. The Morgan fingerprint density at radius 1 is 1.04 bits per heavy atom. The van der Waals surface area contributed by atoms with Crippen LogP contribution in [0.2, 0.25) is 10.0 Å². The molecule has 7 heteroatoms. The lowest BCUT2D eigenvalue weighted by atomic mass is 9.98. The van der Waals surface area contributed by atoms with Crippen LogP contribution in [-0.2, 0) is 15.6 Å². The summed E-state index contributed by atoms with van der Waals surface area (Å²) in [6, 6.07) is 14.4. The van der Waals surface area contributed by atoms with Crippen LogP contribution in [0.15, 0.2) is 59.6 Å². The molecule has 1 N–H and O–H groups in total. The zero-order valence-electron chi connectivity index (χ0n) is 14.6. The maximum Gasteiger partial charge on any atom is 0.221 e. The molecule has 0 spiro atoms. The fourth-order valence-electron chi connectivity index (χ4n) is 2.75. The number of amides is 1. The van der Waals surface area contributed by atoms with Crippen molar-refractivity contribution in [3.63, 3.8) is 0 Å². The average Bonchev–Trinajstić information content (AvgIpc) is 2.63. The van der Waals surface area contributed by atoms with Crippen molar-refractivity contribution in [1.29, 1.82) is 0 Å². The molecule has 0 aliphatic carbocycles. The number of aromatic nitrogens is 1. The summed E-state index contributed by atoms with van der Waals surface area (Å²) in [7, 11) is -1.17. The molecule has 0 radical (unpaired) electrons. The van der Waals surface area contributed by atoms with Gasteiger partial charge in [0.05, 0.1) is 15.7 Å². The molecule has 1 aromatic heterocycles. The molecule has 4 nitrogen and oxygen atoms in total. The Kier molecular flexibility index (Phi) is 5.95. The van der Waals surface area contributed by atoms with Crippen molar-refractivity contribution in [2.24, 2.45) is 0 Å². The SMILES string of the molecule is CC(=O)Nc1cc(S(C)=O)ccc1-c1cccnc1-c1cccc(Cl)c1Cl. The highest BCUT2D eigenvalue weighted by Crippen LogP contribution is 2.40. The van der Waals surface area contributed by atoms with Crippen LogP contribution < -0.4 is 5.32 Å². The normalized spacial score (nSPS) is 11.9. The first-order valence-corrected chi connectivity index (χ1v) is 10.3. The summed E-state index contributed by atoms with van der Waals surface area (Å²) < 4.78 is 11.9. The van der Waals surface area contributed by atoms with Gasteiger partial charge in [-0.2, -0.15) is 0 Å². The van der Waals surface area contributed by atoms with Crippen LogP contribution >= 0.6 is 23.2 Å². The van der Waals surface area contributed by atoms with Gasteiger partial charge in [-0.05, 0) is 24.3 Å². The van der Waals surface area contributed by atoms with Crippen LogP contribution in [0, 0.1) is 0 Å². The molecule has 0 aliphatic heterocycles. The van der Waals surface area contributed by atoms with E-state index in [0.717, 1.165) is 11.1 Å². The van der Waals surface area contributed by atoms with Gasteiger partial charge in [0.1, 0.15) is 0 Å². The highest BCUT2D eigenvalue weighted by Gasteiger charge is 2.17. The summed E-state index contributed by atoms with van der Waals surface area (Å²) in [4.78, 5) is 16.8. The quantitative estimate of drug-likeness (QED) is 0.615. The topological polar surface area (TPSA) is 59.1 Å². The molecule has 0 saturated heterocycles. The number of nitrogens with zero attached hydrogens (tertiary/aromatic N) is 1. The van der Waals surface area contributed by atoms with Crippen molar-refractivity contribution in [1.82, 2.24) is 4.98 Å². The summed E-state index contributed by atoms with van der Waals surface area (Å²) >= 11 is 12.6. The Morgan fingerprint density at radius 3 is 2.48 bits per heavy atom. The maximum absolute atomic E-state index is 11.9. The first-order chi connectivity index (χ1) is 12.9. The van der Waals surface area contributed by atoms with Crippen molar-refractivity contribution in [2.75, 3.05) is 11.6 Å². The summed E-state index contributed by atoms with van der Waals surface area (Å²) in [5.41, 5.74) is 3.42. The minimum Gasteiger partial charge on any atom is -0.326 e. The Hall–Kier alpha value is -2.21. The van der Waals surface area contributed by atoms with E-state index in [4.69, 9.17) is 23.2 Å². The van der Waals surface area contributed by atoms with E-state index < -0.39 is 10.8 Å². The van der Waals surface area contributed by atoms with Gasteiger partial charge in [0.15, 0.2) is 0 Å². The van der Waals surface area contributed by atoms with E-state index in [0.29, 0.717) is 31.9 Å². The van der Waals surface area contributed by atoms with Gasteiger partial charge in [-0.3, -0.25) is 14.0 Å². The third-order valence-corrected chi connectivity index (χ3v) is 5.67. The first-order valence-electron chi connectivity index (χ1n) is 8.03. The molecule has 1 amide bonds. The van der Waals surface area contributed by atoms with Gasteiger partial charge in [-0.15, -0.1) is 0 Å². The number of halogens is 2. The van der Waals surface area contributed by atoms with Crippen LogP contribution in [0.5, 0.6) is 0 Å². The molecule has 0 bridgehead atoms. The standard InChI is InChI=1S/C20H16Cl2N2O2S/c1-12(25)24-18-11-13(27(2)26)8-9-14(18)15-6-4-10-23-20(15)16-5-3-7-17(21)19(16)22/h3-11H,1-2H3,(H,24,25). The molecule has 0 saturated carbocycles. The van der Waals surface area contributed by atoms with Gasteiger partial charge in [-0.1, -0.05) is 47.5 Å². The van der Waals surface area contributed by atoms with Crippen molar-refractivity contribution < 1.29 is 9.00 Å². The monoisotopic (exact) mass is 418 g/mol. The highest BCUT2D eigenvalue weighted by molar-refractivity contribution is 7.84. The van der Waals surface area contributed by atoms with Gasteiger partial charge in [0.2, 0.25) is 5.91 Å². The predicted octanol–water partition coefficient (Wildman–Crippen LogP) is 5.42. The average molecular weight is 419 g/mol. The zero-order chi connectivity index (χ0) is 19.6. The van der Waals surface area contributed by atoms with E-state index in [2.05, 4.69) is 10.3 Å². The van der Waals surface area contributed by atoms with Gasteiger partial charge >= 0.3 is 0 Å². The fourth-order valence-corrected chi connectivity index (χ4v) is 3.69. The smallest absolute Gasteiger partial charge is 0.221 e. The number of carbonyl (C=O) groups excluding carboxylic acids is 1. The van der Waals surface area contributed by atoms with E-state index in [-0.39, 0.29) is 5.91 Å². The lowest BCUT2D eigenvalue weighted by molar-refractivity contribution is -0.114. The number of hydrogen-bond donors (Lipinski definition) is 1. The van der Waals surface area contributed by atoms with Gasteiger partial charge in [-0.25, -0.2) is 0 Å². The predicted molar refractivity (Wildman–Crippen MR) is 112 cm³/mol. The minimum atomic E-state index is -1.17. The lowest BCUT2D eigenvalue weighted by Gasteiger charge is -2.15. The summed E-state index contributed by atoms with van der Waals surface area (Å²) in [6.45, 7) is 1.43. The molecule has 1 heterocycles. The van der Waals surface area contributed by atoms with E-state index in [1.807, 2.05) is 18.2 Å². The third-order valence-electron chi connectivity index (χ3n) is 3.94. The van der Waals surface area contributed by atoms with Crippen molar-refractivity contribution >= 4 is 45.6 Å². The van der Waals surface area contributed by atoms with E-state index >= 15 is 0 Å². The molecule has 1 atom stereocenters. The number of carbonyl (C=O) groups is 1. The largest absolute Gasteiger partial charge is 0.326 e. The van der Waals surface area contributed by atoms with Gasteiger partial charge in [0, 0.05) is 57.4 Å². The van der Waals surface area contributed by atoms with Crippen LogP contribution in [0.4, 0.5) is 5.69 Å². The van der Waals surface area contributed by atoms with Gasteiger partial charge in [0.25, 0.3) is 0 Å². The number of rotatable bonds is 4. The second-order valence-corrected chi connectivity index (χ2v) is 8.01. The fraction of sp³-hybridized carbons (Fsp3) is 0.100. The van der Waals surface area contributed by atoms with E-state index in [1.165, 1.54) is 6.92 Å². The maximum atomic E-state index is 11.9. The first kappa shape index (κ1) is 19.5. The Balaban J connectivity index is 2.25. The third kappa shape index (κ3) is 4.21. The van der Waals surface area contributed by atoms with Crippen molar-refractivity contribution in [3.8, 4) is 22.4 Å². The number of pyridine rings is 1. The Labute approximate surface area is 170 Å². The van der Waals surface area contributed by atoms with Crippen molar-refractivity contribution in [2.45, 2.75) is 11.8 Å². The lowest BCUT2D eigenvalue weighted by Crippen LogP contribution is -2.08. The molecule has 0 aliphatic rings. The molecule has 3 rings (SSSR count). The summed E-state index contributed by atoms with van der Waals surface area (Å²) in [5.74, 6) is -0.221. The summed E-state index contributed by atoms with van der Waals surface area (Å²) in [6.07, 6.45) is 3.26. The molecule has 3 aromatic rings. The summed E-state index contributed by atoms with van der Waals surface area (Å²) in [5, 5.41) is 3.66. The van der Waals surface area contributed by atoms with Crippen LogP contribution in [0.25, 0.3) is 22.4 Å². The second kappa shape index (κ2) is 8.21. The molecular weight excluding hydrogens is 403 g/mol. The molecule has 138 valence electrons. The number of benzene rings is 2. The highest BCUT2D eigenvalue weighted by atomic mass is 35.5. The molecule has 27 heavy (non-hydrogen) atoms. The Bertz CT molecular complexity index is 1050. The van der Waals surface area contributed by atoms with Crippen molar-refractivity contribution in [3.05, 3.63) is 64.8 Å². The molecule has 0 fully saturated rings. The Morgan fingerprint density at radius 2 is 1.78 bits per heavy atom. The van der Waals surface area contributed by atoms with E-state index in [1.54, 1.807) is 42.8 Å².